The molecule has 0 bridgehead atoms. The molecule has 0 spiro atoms. The Morgan fingerprint density at radius 1 is 0.941 bits per heavy atom. The molecule has 1 N–H and O–H groups in total. The zero-order chi connectivity index (χ0) is 12.9. The van der Waals surface area contributed by atoms with E-state index in [0.717, 1.165) is 12.8 Å². The van der Waals surface area contributed by atoms with Crippen molar-refractivity contribution in [1.82, 2.24) is 4.90 Å². The van der Waals surface area contributed by atoms with Crippen molar-refractivity contribution in [3.63, 3.8) is 0 Å². The van der Waals surface area contributed by atoms with E-state index in [-0.39, 0.29) is 13.2 Å². The molecule has 4 heteroatoms. The molecule has 0 aliphatic carbocycles. The normalized spacial score (nSPS) is 11.6. The molecular formula is C13H27F2NO. The van der Waals surface area contributed by atoms with Gasteiger partial charge in [0.15, 0.2) is 0 Å². The number of unbranched alkanes of at least 4 members (excludes halogenated alkanes) is 6. The fourth-order valence-corrected chi connectivity index (χ4v) is 1.92. The second-order valence-corrected chi connectivity index (χ2v) is 4.54. The highest BCUT2D eigenvalue weighted by Gasteiger charge is 2.10. The van der Waals surface area contributed by atoms with Gasteiger partial charge in [-0.2, -0.15) is 0 Å². The van der Waals surface area contributed by atoms with Gasteiger partial charge in [0.25, 0.3) is 6.43 Å². The first kappa shape index (κ1) is 16.8. The van der Waals surface area contributed by atoms with Gasteiger partial charge in [-0.1, -0.05) is 45.4 Å². The van der Waals surface area contributed by atoms with Crippen molar-refractivity contribution < 1.29 is 13.9 Å². The smallest absolute Gasteiger partial charge is 0.251 e. The Morgan fingerprint density at radius 3 is 2.06 bits per heavy atom. The molecule has 0 aromatic rings. The van der Waals surface area contributed by atoms with Gasteiger partial charge in [-0.3, -0.25) is 4.90 Å². The highest BCUT2D eigenvalue weighted by atomic mass is 19.3. The summed E-state index contributed by atoms with van der Waals surface area (Å²) in [5.74, 6) is 0. The molecule has 0 atom stereocenters. The Labute approximate surface area is 104 Å². The molecule has 0 rings (SSSR count). The lowest BCUT2D eigenvalue weighted by atomic mass is 10.1. The maximum atomic E-state index is 12.2. The van der Waals surface area contributed by atoms with E-state index in [4.69, 9.17) is 5.11 Å². The maximum Gasteiger partial charge on any atom is 0.251 e. The summed E-state index contributed by atoms with van der Waals surface area (Å²) >= 11 is 0. The van der Waals surface area contributed by atoms with Gasteiger partial charge in [-0.15, -0.1) is 0 Å². The molecule has 104 valence electrons. The molecule has 0 aliphatic heterocycles. The third kappa shape index (κ3) is 12.0. The van der Waals surface area contributed by atoms with Gasteiger partial charge in [0.1, 0.15) is 0 Å². The van der Waals surface area contributed by atoms with Gasteiger partial charge < -0.3 is 5.11 Å². The topological polar surface area (TPSA) is 23.5 Å². The monoisotopic (exact) mass is 251 g/mol. The van der Waals surface area contributed by atoms with E-state index >= 15 is 0 Å². The molecule has 0 aromatic heterocycles. The average Bonchev–Trinajstić information content (AvgIpc) is 2.27. The number of nitrogens with zero attached hydrogens (tertiary/aromatic N) is 1. The molecule has 0 aliphatic rings. The zero-order valence-electron chi connectivity index (χ0n) is 11.0. The Kier molecular flexibility index (Phi) is 12.1. The van der Waals surface area contributed by atoms with Crippen molar-refractivity contribution in [2.75, 3.05) is 26.2 Å². The summed E-state index contributed by atoms with van der Waals surface area (Å²) in [4.78, 5) is 1.65. The molecule has 0 heterocycles. The SMILES string of the molecule is CCCCCCCCCN(CCO)CC(F)F. The maximum absolute atomic E-state index is 12.2. The lowest BCUT2D eigenvalue weighted by molar-refractivity contribution is 0.0774. The quantitative estimate of drug-likeness (QED) is 0.538. The Balaban J connectivity index is 3.40. The van der Waals surface area contributed by atoms with Crippen LogP contribution in [0.4, 0.5) is 8.78 Å². The Bertz CT molecular complexity index is 156. The van der Waals surface area contributed by atoms with Crippen LogP contribution in [-0.4, -0.2) is 42.7 Å². The fourth-order valence-electron chi connectivity index (χ4n) is 1.92. The van der Waals surface area contributed by atoms with E-state index < -0.39 is 6.43 Å². The van der Waals surface area contributed by atoms with E-state index in [0.29, 0.717) is 13.1 Å². The second kappa shape index (κ2) is 12.2. The average molecular weight is 251 g/mol. The first-order valence-electron chi connectivity index (χ1n) is 6.82. The van der Waals surface area contributed by atoms with Crippen molar-refractivity contribution in [2.24, 2.45) is 0 Å². The Hall–Kier alpha value is -0.220. The summed E-state index contributed by atoms with van der Waals surface area (Å²) in [5, 5.41) is 8.76. The van der Waals surface area contributed by atoms with Crippen LogP contribution in [0.3, 0.4) is 0 Å². The van der Waals surface area contributed by atoms with Crippen molar-refractivity contribution in [3.8, 4) is 0 Å². The van der Waals surface area contributed by atoms with Crippen LogP contribution < -0.4 is 0 Å². The van der Waals surface area contributed by atoms with Crippen LogP contribution in [0.2, 0.25) is 0 Å². The predicted molar refractivity (Wildman–Crippen MR) is 67.5 cm³/mol. The van der Waals surface area contributed by atoms with Crippen LogP contribution in [0.1, 0.15) is 51.9 Å². The lowest BCUT2D eigenvalue weighted by Gasteiger charge is -2.20. The standard InChI is InChI=1S/C13H27F2NO/c1-2-3-4-5-6-7-8-9-16(10-11-17)12-13(14)15/h13,17H,2-12H2,1H3. The van der Waals surface area contributed by atoms with Crippen LogP contribution in [-0.2, 0) is 0 Å². The minimum Gasteiger partial charge on any atom is -0.395 e. The van der Waals surface area contributed by atoms with Gasteiger partial charge in [-0.25, -0.2) is 8.78 Å². The molecule has 0 saturated heterocycles. The van der Waals surface area contributed by atoms with E-state index in [1.165, 1.54) is 32.1 Å². The van der Waals surface area contributed by atoms with Gasteiger partial charge in [0, 0.05) is 6.54 Å². The van der Waals surface area contributed by atoms with E-state index in [9.17, 15) is 8.78 Å². The first-order valence-corrected chi connectivity index (χ1v) is 6.82. The number of halogens is 2. The summed E-state index contributed by atoms with van der Waals surface area (Å²) in [6.07, 6.45) is 6.04. The molecule has 0 unspecified atom stereocenters. The molecule has 0 radical (unpaired) electrons. The summed E-state index contributed by atoms with van der Waals surface area (Å²) in [6.45, 7) is 2.98. The number of aliphatic hydroxyl groups excluding tert-OH is 1. The van der Waals surface area contributed by atoms with Gasteiger partial charge >= 0.3 is 0 Å². The number of alkyl halides is 2. The molecule has 0 saturated carbocycles. The fraction of sp³-hybridized carbons (Fsp3) is 1.00. The van der Waals surface area contributed by atoms with Gasteiger partial charge in [-0.05, 0) is 13.0 Å². The summed E-state index contributed by atoms with van der Waals surface area (Å²) in [6, 6.07) is 0. The molecule has 0 fully saturated rings. The number of rotatable bonds is 12. The van der Waals surface area contributed by atoms with E-state index in [1.807, 2.05) is 0 Å². The lowest BCUT2D eigenvalue weighted by Crippen LogP contribution is -2.32. The molecule has 17 heavy (non-hydrogen) atoms. The predicted octanol–water partition coefficient (Wildman–Crippen LogP) is 3.30. The zero-order valence-corrected chi connectivity index (χ0v) is 11.0. The van der Waals surface area contributed by atoms with Crippen LogP contribution in [0.5, 0.6) is 0 Å². The van der Waals surface area contributed by atoms with Gasteiger partial charge in [0.05, 0.1) is 13.2 Å². The Morgan fingerprint density at radius 2 is 1.53 bits per heavy atom. The minimum absolute atomic E-state index is 0.0385. The van der Waals surface area contributed by atoms with Crippen molar-refractivity contribution in [1.29, 1.82) is 0 Å². The van der Waals surface area contributed by atoms with Crippen molar-refractivity contribution >= 4 is 0 Å². The molecule has 0 aromatic carbocycles. The number of hydrogen-bond donors (Lipinski definition) is 1. The number of aliphatic hydroxyl groups is 1. The van der Waals surface area contributed by atoms with E-state index in [1.54, 1.807) is 4.90 Å². The van der Waals surface area contributed by atoms with Crippen molar-refractivity contribution in [2.45, 2.75) is 58.3 Å². The first-order chi connectivity index (χ1) is 8.20. The summed E-state index contributed by atoms with van der Waals surface area (Å²) in [7, 11) is 0. The summed E-state index contributed by atoms with van der Waals surface area (Å²) in [5.41, 5.74) is 0. The molecule has 0 amide bonds. The third-order valence-corrected chi connectivity index (χ3v) is 2.89. The van der Waals surface area contributed by atoms with Crippen LogP contribution in [0.25, 0.3) is 0 Å². The largest absolute Gasteiger partial charge is 0.395 e. The van der Waals surface area contributed by atoms with Crippen LogP contribution in [0.15, 0.2) is 0 Å². The third-order valence-electron chi connectivity index (χ3n) is 2.89. The summed E-state index contributed by atoms with van der Waals surface area (Å²) < 4.78 is 24.4. The van der Waals surface area contributed by atoms with Crippen LogP contribution in [0, 0.1) is 0 Å². The number of hydrogen-bond acceptors (Lipinski definition) is 2. The minimum atomic E-state index is -2.30. The van der Waals surface area contributed by atoms with Crippen LogP contribution >= 0.6 is 0 Å². The molecular weight excluding hydrogens is 224 g/mol. The molecule has 2 nitrogen and oxygen atoms in total. The highest BCUT2D eigenvalue weighted by Crippen LogP contribution is 2.08. The van der Waals surface area contributed by atoms with Crippen molar-refractivity contribution in [3.05, 3.63) is 0 Å². The van der Waals surface area contributed by atoms with E-state index in [2.05, 4.69) is 6.92 Å². The second-order valence-electron chi connectivity index (χ2n) is 4.54. The highest BCUT2D eigenvalue weighted by molar-refractivity contribution is 4.59. The van der Waals surface area contributed by atoms with Gasteiger partial charge in [0.2, 0.25) is 0 Å².